The van der Waals surface area contributed by atoms with Crippen LogP contribution in [0.3, 0.4) is 0 Å². The maximum atomic E-state index is 12.3. The predicted octanol–water partition coefficient (Wildman–Crippen LogP) is 4.62. The molecule has 2 aromatic carbocycles. The largest absolute Gasteiger partial charge is 0.470 e. The molecule has 0 aromatic heterocycles. The van der Waals surface area contributed by atoms with Crippen LogP contribution in [-0.4, -0.2) is 61.9 Å². The van der Waals surface area contributed by atoms with Gasteiger partial charge in [-0.3, -0.25) is 5.14 Å². The van der Waals surface area contributed by atoms with E-state index in [2.05, 4.69) is 21.8 Å². The number of piperidine rings is 1. The van der Waals surface area contributed by atoms with Crippen LogP contribution in [-0.2, 0) is 11.2 Å². The first-order valence-electron chi connectivity index (χ1n) is 11.3. The number of ether oxygens (including phenoxy) is 1. The summed E-state index contributed by atoms with van der Waals surface area (Å²) in [5.41, 5.74) is 1.77. The molecule has 0 amide bonds. The van der Waals surface area contributed by atoms with Gasteiger partial charge >= 0.3 is 0 Å². The number of aryl methyl sites for hydroxylation is 1. The van der Waals surface area contributed by atoms with Gasteiger partial charge in [0.05, 0.1) is 0 Å². The molecular formula is C25H34F2N4O2S. The summed E-state index contributed by atoms with van der Waals surface area (Å²) in [4.78, 5) is 3.52. The second kappa shape index (κ2) is 16.3. The molecule has 1 atom stereocenters. The van der Waals surface area contributed by atoms with Crippen LogP contribution < -0.4 is 5.14 Å². The fraction of sp³-hybridized carbons (Fsp3) is 0.440. The minimum Gasteiger partial charge on any atom is -0.470 e. The van der Waals surface area contributed by atoms with Gasteiger partial charge in [-0.2, -0.15) is 5.10 Å². The molecule has 2 aromatic rings. The molecule has 1 aliphatic heterocycles. The minimum absolute atomic E-state index is 0.0511. The monoisotopic (exact) mass is 492 g/mol. The van der Waals surface area contributed by atoms with E-state index in [1.165, 1.54) is 17.5 Å². The first-order valence-corrected chi connectivity index (χ1v) is 12.2. The quantitative estimate of drug-likeness (QED) is 0.219. The molecule has 6 nitrogen and oxygen atoms in total. The average molecular weight is 493 g/mol. The van der Waals surface area contributed by atoms with E-state index < -0.39 is 13.0 Å². The summed E-state index contributed by atoms with van der Waals surface area (Å²) in [6.07, 6.45) is 1.67. The lowest BCUT2D eigenvalue weighted by Crippen LogP contribution is -2.37. The van der Waals surface area contributed by atoms with Gasteiger partial charge < -0.3 is 14.7 Å². The Labute approximate surface area is 205 Å². The molecule has 3 N–H and O–H groups in total. The standard InChI is InChI=1S/C19H27F2N3O2.C6H7NS/c1-22-23-19(26-14-18(20)21)17-8-6-15(7-9-17)4-2-10-24-11-3-5-16(12-24)13-25;7-8-6-4-2-1-3-5-6/h6-9,16,18,25H,1-5,10-14H2;1-5H,7H2/b23-19-;. The second-order valence-corrected chi connectivity index (χ2v) is 8.68. The van der Waals surface area contributed by atoms with Crippen molar-refractivity contribution in [2.24, 2.45) is 21.3 Å². The van der Waals surface area contributed by atoms with Crippen molar-refractivity contribution in [2.45, 2.75) is 37.0 Å². The Morgan fingerprint density at radius 2 is 1.94 bits per heavy atom. The van der Waals surface area contributed by atoms with Crippen molar-refractivity contribution in [1.29, 1.82) is 0 Å². The maximum Gasteiger partial charge on any atom is 0.272 e. The van der Waals surface area contributed by atoms with Crippen LogP contribution in [0.4, 0.5) is 8.78 Å². The van der Waals surface area contributed by atoms with Crippen molar-refractivity contribution in [2.75, 3.05) is 32.8 Å². The Morgan fingerprint density at radius 3 is 2.53 bits per heavy atom. The first kappa shape index (κ1) is 27.9. The van der Waals surface area contributed by atoms with Crippen LogP contribution in [0.2, 0.25) is 0 Å². The molecular weight excluding hydrogens is 458 g/mol. The Bertz CT molecular complexity index is 854. The second-order valence-electron chi connectivity index (χ2n) is 7.97. The fourth-order valence-electron chi connectivity index (χ4n) is 3.70. The predicted molar refractivity (Wildman–Crippen MR) is 136 cm³/mol. The lowest BCUT2D eigenvalue weighted by Gasteiger charge is -2.31. The van der Waals surface area contributed by atoms with Gasteiger partial charge in [-0.15, -0.1) is 5.10 Å². The summed E-state index contributed by atoms with van der Waals surface area (Å²) in [6, 6.07) is 17.4. The highest BCUT2D eigenvalue weighted by Gasteiger charge is 2.18. The summed E-state index contributed by atoms with van der Waals surface area (Å²) in [5.74, 6) is 0.461. The molecule has 1 heterocycles. The summed E-state index contributed by atoms with van der Waals surface area (Å²) in [6.45, 7) is 5.89. The third kappa shape index (κ3) is 10.7. The molecule has 34 heavy (non-hydrogen) atoms. The number of hydrogen-bond donors (Lipinski definition) is 2. The van der Waals surface area contributed by atoms with Crippen LogP contribution in [0.15, 0.2) is 69.7 Å². The number of halogens is 2. The lowest BCUT2D eigenvalue weighted by atomic mass is 9.98. The van der Waals surface area contributed by atoms with Gasteiger partial charge in [0.2, 0.25) is 5.90 Å². The SMILES string of the molecule is C=N/N=C(\OCC(F)F)c1ccc(CCCN2CCCC(CO)C2)cc1.NSc1ccccc1. The topological polar surface area (TPSA) is 83.4 Å². The number of likely N-dealkylation sites (tertiary alicyclic amines) is 1. The van der Waals surface area contributed by atoms with Gasteiger partial charge in [-0.25, -0.2) is 8.78 Å². The Morgan fingerprint density at radius 1 is 1.21 bits per heavy atom. The van der Waals surface area contributed by atoms with Crippen molar-refractivity contribution in [1.82, 2.24) is 4.90 Å². The molecule has 0 radical (unpaired) electrons. The average Bonchev–Trinajstić information content (AvgIpc) is 2.88. The molecule has 3 rings (SSSR count). The van der Waals surface area contributed by atoms with Crippen molar-refractivity contribution in [3.05, 3.63) is 65.7 Å². The van der Waals surface area contributed by atoms with Crippen LogP contribution >= 0.6 is 11.9 Å². The number of benzene rings is 2. The molecule has 9 heteroatoms. The van der Waals surface area contributed by atoms with Crippen molar-refractivity contribution in [3.8, 4) is 0 Å². The Kier molecular flexibility index (Phi) is 13.4. The van der Waals surface area contributed by atoms with Crippen LogP contribution in [0.25, 0.3) is 0 Å². The molecule has 1 unspecified atom stereocenters. The summed E-state index contributed by atoms with van der Waals surface area (Å²) in [7, 11) is 0. The van der Waals surface area contributed by atoms with E-state index in [1.54, 1.807) is 12.1 Å². The number of alkyl halides is 2. The lowest BCUT2D eigenvalue weighted by molar-refractivity contribution is 0.0765. The Balaban J connectivity index is 0.000000430. The number of nitrogens with zero attached hydrogens (tertiary/aromatic N) is 3. The molecule has 0 aliphatic carbocycles. The first-order chi connectivity index (χ1) is 16.5. The summed E-state index contributed by atoms with van der Waals surface area (Å²) in [5, 5.41) is 21.6. The molecule has 0 spiro atoms. The Hall–Kier alpha value is -2.33. The number of nitrogens with two attached hydrogens (primary N) is 1. The molecule has 0 saturated carbocycles. The maximum absolute atomic E-state index is 12.3. The van der Waals surface area contributed by atoms with E-state index in [0.29, 0.717) is 11.5 Å². The fourth-order valence-corrected chi connectivity index (χ4v) is 4.01. The highest BCUT2D eigenvalue weighted by atomic mass is 32.2. The molecule has 1 saturated heterocycles. The summed E-state index contributed by atoms with van der Waals surface area (Å²) >= 11 is 1.27. The molecule has 186 valence electrons. The van der Waals surface area contributed by atoms with Gasteiger partial charge in [0.25, 0.3) is 6.43 Å². The zero-order chi connectivity index (χ0) is 24.6. The number of hydrogen-bond acceptors (Lipinski definition) is 7. The number of aliphatic hydroxyl groups excluding tert-OH is 1. The number of aliphatic hydroxyl groups is 1. The van der Waals surface area contributed by atoms with E-state index >= 15 is 0 Å². The highest BCUT2D eigenvalue weighted by Crippen LogP contribution is 2.17. The van der Waals surface area contributed by atoms with Crippen LogP contribution in [0, 0.1) is 5.92 Å². The zero-order valence-electron chi connectivity index (χ0n) is 19.4. The van der Waals surface area contributed by atoms with Gasteiger partial charge in [-0.05, 0) is 86.5 Å². The van der Waals surface area contributed by atoms with E-state index in [4.69, 9.17) is 9.88 Å². The van der Waals surface area contributed by atoms with Crippen molar-refractivity contribution >= 4 is 24.6 Å². The van der Waals surface area contributed by atoms with E-state index in [0.717, 1.165) is 50.2 Å². The molecule has 0 bridgehead atoms. The smallest absolute Gasteiger partial charge is 0.272 e. The van der Waals surface area contributed by atoms with Crippen molar-refractivity contribution < 1.29 is 18.6 Å². The number of rotatable bonds is 10. The van der Waals surface area contributed by atoms with E-state index in [-0.39, 0.29) is 12.5 Å². The highest BCUT2D eigenvalue weighted by molar-refractivity contribution is 7.97. The zero-order valence-corrected chi connectivity index (χ0v) is 20.2. The van der Waals surface area contributed by atoms with E-state index in [9.17, 15) is 13.9 Å². The normalized spacial score (nSPS) is 16.6. The minimum atomic E-state index is -2.57. The van der Waals surface area contributed by atoms with E-state index in [1.807, 2.05) is 42.5 Å². The summed E-state index contributed by atoms with van der Waals surface area (Å²) < 4.78 is 29.6. The van der Waals surface area contributed by atoms with Gasteiger partial charge in [0.15, 0.2) is 6.61 Å². The van der Waals surface area contributed by atoms with Crippen LogP contribution in [0.5, 0.6) is 0 Å². The third-order valence-electron chi connectivity index (χ3n) is 5.39. The third-order valence-corrected chi connectivity index (χ3v) is 5.93. The molecule has 1 fully saturated rings. The van der Waals surface area contributed by atoms with Crippen molar-refractivity contribution in [3.63, 3.8) is 0 Å². The van der Waals surface area contributed by atoms with Gasteiger partial charge in [-0.1, -0.05) is 30.3 Å². The van der Waals surface area contributed by atoms with Gasteiger partial charge in [0, 0.05) is 30.3 Å². The van der Waals surface area contributed by atoms with Crippen LogP contribution in [0.1, 0.15) is 30.4 Å². The van der Waals surface area contributed by atoms with Gasteiger partial charge in [0.1, 0.15) is 0 Å². The molecule has 1 aliphatic rings.